The molecule has 0 fully saturated rings. The SMILES string of the molecule is CCOC(=O)c1sc(N(CC)C(=O)c2cc(-c3cnn(C)c3C)no2)nc1C. The van der Waals surface area contributed by atoms with Crippen molar-refractivity contribution in [2.45, 2.75) is 27.7 Å². The van der Waals surface area contributed by atoms with E-state index in [1.807, 2.05) is 20.9 Å². The molecule has 10 heteroatoms. The molecule has 1 amide bonds. The minimum absolute atomic E-state index is 0.0886. The molecule has 148 valence electrons. The van der Waals surface area contributed by atoms with Crippen LogP contribution in [0.1, 0.15) is 45.5 Å². The van der Waals surface area contributed by atoms with Gasteiger partial charge in [-0.3, -0.25) is 14.4 Å². The summed E-state index contributed by atoms with van der Waals surface area (Å²) in [7, 11) is 1.83. The van der Waals surface area contributed by atoms with Gasteiger partial charge in [0.05, 0.1) is 18.5 Å². The topological polar surface area (TPSA) is 103 Å². The Morgan fingerprint density at radius 1 is 1.32 bits per heavy atom. The molecule has 3 rings (SSSR count). The molecule has 0 saturated carbocycles. The van der Waals surface area contributed by atoms with Crippen LogP contribution in [0.4, 0.5) is 5.13 Å². The van der Waals surface area contributed by atoms with Crippen LogP contribution in [-0.4, -0.2) is 44.9 Å². The predicted molar refractivity (Wildman–Crippen MR) is 104 cm³/mol. The molecule has 0 atom stereocenters. The molecule has 9 nitrogen and oxygen atoms in total. The highest BCUT2D eigenvalue weighted by Crippen LogP contribution is 2.29. The molecule has 0 radical (unpaired) electrons. The maximum absolute atomic E-state index is 12.9. The van der Waals surface area contributed by atoms with E-state index in [2.05, 4.69) is 15.2 Å². The monoisotopic (exact) mass is 403 g/mol. The largest absolute Gasteiger partial charge is 0.462 e. The lowest BCUT2D eigenvalue weighted by atomic mass is 10.2. The minimum Gasteiger partial charge on any atom is -0.462 e. The molecule has 0 aliphatic heterocycles. The van der Waals surface area contributed by atoms with Gasteiger partial charge in [-0.2, -0.15) is 5.10 Å². The van der Waals surface area contributed by atoms with Crippen LogP contribution in [-0.2, 0) is 11.8 Å². The Kier molecular flexibility index (Phi) is 5.59. The third kappa shape index (κ3) is 3.55. The van der Waals surface area contributed by atoms with Crippen molar-refractivity contribution in [2.24, 2.45) is 7.05 Å². The summed E-state index contributed by atoms with van der Waals surface area (Å²) in [5.74, 6) is -0.737. The summed E-state index contributed by atoms with van der Waals surface area (Å²) in [6, 6.07) is 1.59. The van der Waals surface area contributed by atoms with Crippen LogP contribution in [0.25, 0.3) is 11.3 Å². The first-order valence-corrected chi connectivity index (χ1v) is 9.61. The van der Waals surface area contributed by atoms with Gasteiger partial charge in [-0.25, -0.2) is 9.78 Å². The maximum atomic E-state index is 12.9. The average Bonchev–Trinajstić information content (AvgIpc) is 3.36. The van der Waals surface area contributed by atoms with E-state index in [4.69, 9.17) is 9.26 Å². The number of ether oxygens (including phenoxy) is 1. The summed E-state index contributed by atoms with van der Waals surface area (Å²) < 4.78 is 12.0. The van der Waals surface area contributed by atoms with Gasteiger partial charge in [0.25, 0.3) is 5.91 Å². The van der Waals surface area contributed by atoms with Gasteiger partial charge in [-0.15, -0.1) is 0 Å². The van der Waals surface area contributed by atoms with Crippen molar-refractivity contribution in [3.8, 4) is 11.3 Å². The second kappa shape index (κ2) is 7.93. The van der Waals surface area contributed by atoms with E-state index in [0.717, 1.165) is 22.6 Å². The Bertz CT molecular complexity index is 1020. The van der Waals surface area contributed by atoms with Gasteiger partial charge in [0.15, 0.2) is 5.13 Å². The lowest BCUT2D eigenvalue weighted by Crippen LogP contribution is -2.30. The van der Waals surface area contributed by atoms with E-state index < -0.39 is 5.97 Å². The Balaban J connectivity index is 1.88. The summed E-state index contributed by atoms with van der Waals surface area (Å²) in [5.41, 5.74) is 2.76. The second-order valence-corrected chi connectivity index (χ2v) is 7.00. The quantitative estimate of drug-likeness (QED) is 0.583. The normalized spacial score (nSPS) is 10.9. The average molecular weight is 403 g/mol. The minimum atomic E-state index is -0.443. The smallest absolute Gasteiger partial charge is 0.350 e. The van der Waals surface area contributed by atoms with Crippen molar-refractivity contribution in [3.05, 3.63) is 34.3 Å². The van der Waals surface area contributed by atoms with Gasteiger partial charge < -0.3 is 9.26 Å². The van der Waals surface area contributed by atoms with Crippen LogP contribution in [0.3, 0.4) is 0 Å². The van der Waals surface area contributed by atoms with Gasteiger partial charge >= 0.3 is 5.97 Å². The number of nitrogens with zero attached hydrogens (tertiary/aromatic N) is 5. The van der Waals surface area contributed by atoms with E-state index >= 15 is 0 Å². The van der Waals surface area contributed by atoms with Crippen LogP contribution in [0.2, 0.25) is 0 Å². The van der Waals surface area contributed by atoms with Gasteiger partial charge in [0.1, 0.15) is 10.6 Å². The first-order valence-electron chi connectivity index (χ1n) is 8.79. The molecule has 3 aromatic rings. The zero-order chi connectivity index (χ0) is 20.4. The number of anilines is 1. The van der Waals surface area contributed by atoms with Crippen molar-refractivity contribution in [2.75, 3.05) is 18.1 Å². The van der Waals surface area contributed by atoms with E-state index in [1.54, 1.807) is 30.8 Å². The van der Waals surface area contributed by atoms with Crippen molar-refractivity contribution < 1.29 is 18.8 Å². The maximum Gasteiger partial charge on any atom is 0.350 e. The standard InChI is InChI=1S/C18H21N5O4S/c1-6-23(18-20-10(3)15(28-18)17(25)26-7-2)16(24)14-8-13(21-27-14)12-9-19-22(5)11(12)4/h8-9H,6-7H2,1-5H3. The molecule has 0 saturated heterocycles. The number of rotatable bonds is 6. The van der Waals surface area contributed by atoms with Gasteiger partial charge in [-0.05, 0) is 27.7 Å². The summed E-state index contributed by atoms with van der Waals surface area (Å²) >= 11 is 1.12. The van der Waals surface area contributed by atoms with Gasteiger partial charge in [0.2, 0.25) is 5.76 Å². The molecule has 3 aromatic heterocycles. The third-order valence-electron chi connectivity index (χ3n) is 4.27. The molecular formula is C18H21N5O4S. The lowest BCUT2D eigenvalue weighted by molar-refractivity contribution is 0.0531. The Morgan fingerprint density at radius 3 is 2.68 bits per heavy atom. The number of hydrogen-bond donors (Lipinski definition) is 0. The fraction of sp³-hybridized carbons (Fsp3) is 0.389. The molecule has 0 spiro atoms. The van der Waals surface area contributed by atoms with Crippen molar-refractivity contribution >= 4 is 28.3 Å². The summed E-state index contributed by atoms with van der Waals surface area (Å²) in [6.07, 6.45) is 1.68. The highest BCUT2D eigenvalue weighted by atomic mass is 32.1. The molecule has 3 heterocycles. The predicted octanol–water partition coefficient (Wildman–Crippen LogP) is 2.99. The van der Waals surface area contributed by atoms with E-state index in [1.165, 1.54) is 4.90 Å². The molecule has 0 N–H and O–H groups in total. The number of aromatic nitrogens is 4. The van der Waals surface area contributed by atoms with E-state index in [9.17, 15) is 9.59 Å². The van der Waals surface area contributed by atoms with Crippen LogP contribution in [0.15, 0.2) is 16.8 Å². The summed E-state index contributed by atoms with van der Waals surface area (Å²) in [5, 5.41) is 8.58. The number of amides is 1. The first kappa shape index (κ1) is 19.7. The zero-order valence-corrected chi connectivity index (χ0v) is 17.2. The second-order valence-electron chi connectivity index (χ2n) is 6.02. The molecule has 0 aromatic carbocycles. The molecular weight excluding hydrogens is 382 g/mol. The molecule has 0 aliphatic carbocycles. The van der Waals surface area contributed by atoms with Crippen LogP contribution in [0.5, 0.6) is 0 Å². The molecule has 0 unspecified atom stereocenters. The van der Waals surface area contributed by atoms with E-state index in [0.29, 0.717) is 27.9 Å². The molecule has 0 bridgehead atoms. The highest BCUT2D eigenvalue weighted by Gasteiger charge is 2.26. The molecule has 0 aliphatic rings. The number of aryl methyl sites for hydroxylation is 2. The first-order chi connectivity index (χ1) is 13.4. The van der Waals surface area contributed by atoms with Crippen LogP contribution < -0.4 is 4.90 Å². The summed E-state index contributed by atoms with van der Waals surface area (Å²) in [4.78, 5) is 31.2. The van der Waals surface area contributed by atoms with E-state index in [-0.39, 0.29) is 18.3 Å². The fourth-order valence-corrected chi connectivity index (χ4v) is 3.66. The Hall–Kier alpha value is -3.01. The lowest BCUT2D eigenvalue weighted by Gasteiger charge is -2.15. The fourth-order valence-electron chi connectivity index (χ4n) is 2.64. The zero-order valence-electron chi connectivity index (χ0n) is 16.3. The Labute approximate surface area is 165 Å². The third-order valence-corrected chi connectivity index (χ3v) is 5.43. The highest BCUT2D eigenvalue weighted by molar-refractivity contribution is 7.17. The van der Waals surface area contributed by atoms with Gasteiger partial charge in [0, 0.05) is 30.9 Å². The number of thiazole rings is 1. The number of carbonyl (C=O) groups is 2. The number of carbonyl (C=O) groups excluding carboxylic acids is 2. The number of esters is 1. The van der Waals surface area contributed by atoms with Crippen LogP contribution >= 0.6 is 11.3 Å². The van der Waals surface area contributed by atoms with Crippen molar-refractivity contribution in [1.82, 2.24) is 19.9 Å². The van der Waals surface area contributed by atoms with Crippen molar-refractivity contribution in [1.29, 1.82) is 0 Å². The van der Waals surface area contributed by atoms with Crippen molar-refractivity contribution in [3.63, 3.8) is 0 Å². The number of hydrogen-bond acceptors (Lipinski definition) is 8. The molecule has 28 heavy (non-hydrogen) atoms. The van der Waals surface area contributed by atoms with Gasteiger partial charge in [-0.1, -0.05) is 16.5 Å². The Morgan fingerprint density at radius 2 is 2.07 bits per heavy atom. The van der Waals surface area contributed by atoms with Crippen LogP contribution in [0, 0.1) is 13.8 Å². The summed E-state index contributed by atoms with van der Waals surface area (Å²) in [6.45, 7) is 7.81.